The molecule has 2 unspecified atom stereocenters. The molecule has 0 bridgehead atoms. The molecule has 0 aromatic heterocycles. The van der Waals surface area contributed by atoms with Crippen LogP contribution in [0.5, 0.6) is 0 Å². The summed E-state index contributed by atoms with van der Waals surface area (Å²) in [6.45, 7) is 4.33. The van der Waals surface area contributed by atoms with Crippen LogP contribution in [0.25, 0.3) is 0 Å². The molecule has 9 nitrogen and oxygen atoms in total. The zero-order valence-corrected chi connectivity index (χ0v) is 66.3. The van der Waals surface area contributed by atoms with Gasteiger partial charge in [0.25, 0.3) is 7.82 Å². The van der Waals surface area contributed by atoms with Crippen molar-refractivity contribution >= 4 is 19.8 Å². The molecule has 10 heteroatoms. The lowest BCUT2D eigenvalue weighted by molar-refractivity contribution is -0.870. The van der Waals surface area contributed by atoms with Crippen LogP contribution in [0.4, 0.5) is 0 Å². The van der Waals surface area contributed by atoms with Crippen molar-refractivity contribution in [1.82, 2.24) is 0 Å². The van der Waals surface area contributed by atoms with Crippen LogP contribution in [0.15, 0.2) is 24.3 Å². The Morgan fingerprint density at radius 2 is 0.531 bits per heavy atom. The molecule has 0 aliphatic rings. The van der Waals surface area contributed by atoms with Gasteiger partial charge in [-0.25, -0.2) is 0 Å². The van der Waals surface area contributed by atoms with E-state index in [9.17, 15) is 19.0 Å². The third-order valence-electron chi connectivity index (χ3n) is 19.9. The first-order valence-corrected chi connectivity index (χ1v) is 44.5. The minimum Gasteiger partial charge on any atom is -0.756 e. The number of allylic oxidation sites excluding steroid dienone is 4. The highest BCUT2D eigenvalue weighted by atomic mass is 31.2. The van der Waals surface area contributed by atoms with Crippen molar-refractivity contribution < 1.29 is 42.1 Å². The van der Waals surface area contributed by atoms with E-state index in [-0.39, 0.29) is 32.0 Å². The van der Waals surface area contributed by atoms with Crippen LogP contribution in [-0.2, 0) is 32.7 Å². The Labute approximate surface area is 599 Å². The number of hydrogen-bond donors (Lipinski definition) is 0. The number of nitrogens with zero attached hydrogens (tertiary/aromatic N) is 1. The van der Waals surface area contributed by atoms with E-state index in [2.05, 4.69) is 38.2 Å². The topological polar surface area (TPSA) is 111 Å². The summed E-state index contributed by atoms with van der Waals surface area (Å²) in [7, 11) is 1.20. The number of phosphoric acid groups is 1. The average Bonchev–Trinajstić information content (AvgIpc) is 2.54. The fraction of sp³-hybridized carbons (Fsp3) is 0.930. The molecule has 0 saturated carbocycles. The summed E-state index contributed by atoms with van der Waals surface area (Å²) in [4.78, 5) is 38.2. The van der Waals surface area contributed by atoms with Crippen molar-refractivity contribution in [3.05, 3.63) is 24.3 Å². The SMILES string of the molecule is CCCCCCCCCC/C=C\CCCCCCCCCCCCCCCCCCCCCCCCCCCCCCCC(=O)OC(COC(=O)CCCCCCCCCCCCCCCCCCCCC/C=C\CCCCCCCCCC)COP(=O)([O-])OCC[N+](C)(C)C. The number of esters is 2. The van der Waals surface area contributed by atoms with Gasteiger partial charge in [-0.2, -0.15) is 0 Å². The Balaban J connectivity index is 3.84. The monoisotopic (exact) mass is 1370 g/mol. The molecule has 0 spiro atoms. The van der Waals surface area contributed by atoms with E-state index in [1.807, 2.05) is 21.1 Å². The van der Waals surface area contributed by atoms with Gasteiger partial charge in [0.15, 0.2) is 6.10 Å². The quantitative estimate of drug-likeness (QED) is 0.0195. The van der Waals surface area contributed by atoms with Gasteiger partial charge in [-0.3, -0.25) is 14.2 Å². The Morgan fingerprint density at radius 3 is 0.771 bits per heavy atom. The second-order valence-electron chi connectivity index (χ2n) is 30.9. The first-order valence-electron chi connectivity index (χ1n) is 43.0. The highest BCUT2D eigenvalue weighted by molar-refractivity contribution is 7.45. The van der Waals surface area contributed by atoms with E-state index in [1.165, 1.54) is 398 Å². The molecule has 570 valence electrons. The molecular weight excluding hydrogens is 1210 g/mol. The molecule has 2 atom stereocenters. The van der Waals surface area contributed by atoms with Crippen LogP contribution in [0.3, 0.4) is 0 Å². The van der Waals surface area contributed by atoms with Gasteiger partial charge < -0.3 is 27.9 Å². The Morgan fingerprint density at radius 1 is 0.312 bits per heavy atom. The van der Waals surface area contributed by atoms with Crippen molar-refractivity contribution in [2.24, 2.45) is 0 Å². The number of ether oxygens (including phenoxy) is 2. The van der Waals surface area contributed by atoms with Gasteiger partial charge in [-0.1, -0.05) is 411 Å². The number of hydrogen-bond acceptors (Lipinski definition) is 8. The van der Waals surface area contributed by atoms with Gasteiger partial charge in [0.2, 0.25) is 0 Å². The molecule has 0 amide bonds. The van der Waals surface area contributed by atoms with E-state index >= 15 is 0 Å². The first kappa shape index (κ1) is 94.5. The number of phosphoric ester groups is 1. The standard InChI is InChI=1S/C86H168NO8P/c1-6-8-10-12-14-16-18-20-22-24-26-28-30-32-34-36-38-39-40-41-42-43-44-45-46-47-49-51-53-55-57-59-61-63-65-67-69-71-73-75-77-79-86(89)95-84(83-94-96(90,91)93-81-80-87(3,4)5)82-92-85(88)78-76-74-72-70-68-66-64-62-60-58-56-54-52-50-48-37-35-33-31-29-27-25-23-21-19-17-15-13-11-9-7-2/h24-27,84H,6-23,28-83H2,1-5H3/b26-24-,27-25-. The fourth-order valence-electron chi connectivity index (χ4n) is 13.4. The number of quaternary nitrogens is 1. The lowest BCUT2D eigenvalue weighted by Gasteiger charge is -2.28. The summed E-state index contributed by atoms with van der Waals surface area (Å²) < 4.78 is 34.5. The summed E-state index contributed by atoms with van der Waals surface area (Å²) in [5.74, 6) is -0.803. The molecule has 0 heterocycles. The van der Waals surface area contributed by atoms with Crippen molar-refractivity contribution in [1.29, 1.82) is 0 Å². The molecule has 0 aromatic rings. The zero-order valence-electron chi connectivity index (χ0n) is 65.4. The van der Waals surface area contributed by atoms with Crippen molar-refractivity contribution in [3.8, 4) is 0 Å². The summed E-state index contributed by atoms with van der Waals surface area (Å²) in [6, 6.07) is 0. The maximum absolute atomic E-state index is 12.9. The van der Waals surface area contributed by atoms with E-state index in [1.54, 1.807) is 0 Å². The Bertz CT molecular complexity index is 1660. The Hall–Kier alpha value is -1.51. The molecule has 0 N–H and O–H groups in total. The average molecular weight is 1380 g/mol. The van der Waals surface area contributed by atoms with Crippen LogP contribution in [0.1, 0.15) is 463 Å². The van der Waals surface area contributed by atoms with Crippen LogP contribution in [0.2, 0.25) is 0 Å². The first-order chi connectivity index (χ1) is 47.0. The minimum atomic E-state index is -4.64. The smallest absolute Gasteiger partial charge is 0.306 e. The molecule has 0 aliphatic carbocycles. The third-order valence-corrected chi connectivity index (χ3v) is 20.9. The largest absolute Gasteiger partial charge is 0.756 e. The van der Waals surface area contributed by atoms with Crippen LogP contribution in [0, 0.1) is 0 Å². The van der Waals surface area contributed by atoms with E-state index in [4.69, 9.17) is 18.5 Å². The van der Waals surface area contributed by atoms with E-state index in [0.29, 0.717) is 17.4 Å². The van der Waals surface area contributed by atoms with Crippen LogP contribution in [-0.4, -0.2) is 70.0 Å². The number of rotatable bonds is 82. The maximum atomic E-state index is 12.9. The number of unbranched alkanes of at least 4 members (excludes halogenated alkanes) is 64. The summed E-state index contributed by atoms with van der Waals surface area (Å²) in [5.41, 5.74) is 0. The van der Waals surface area contributed by atoms with Gasteiger partial charge in [-0.05, 0) is 64.2 Å². The molecule has 0 aliphatic heterocycles. The molecule has 0 radical (unpaired) electrons. The second kappa shape index (κ2) is 77.6. The van der Waals surface area contributed by atoms with E-state index < -0.39 is 26.5 Å². The summed E-state index contributed by atoms with van der Waals surface area (Å²) in [5, 5.41) is 0. The van der Waals surface area contributed by atoms with Gasteiger partial charge in [0, 0.05) is 12.8 Å². The number of carbonyl (C=O) groups excluding carboxylic acids is 2. The number of likely N-dealkylation sites (N-methyl/N-ethyl adjacent to an activating group) is 1. The number of carbonyl (C=O) groups is 2. The highest BCUT2D eigenvalue weighted by Crippen LogP contribution is 2.38. The van der Waals surface area contributed by atoms with Gasteiger partial charge in [0.05, 0.1) is 27.7 Å². The van der Waals surface area contributed by atoms with Crippen LogP contribution < -0.4 is 4.89 Å². The minimum absolute atomic E-state index is 0.0262. The molecular formula is C86H168NO8P. The van der Waals surface area contributed by atoms with Crippen LogP contribution >= 0.6 is 7.82 Å². The highest BCUT2D eigenvalue weighted by Gasteiger charge is 2.22. The maximum Gasteiger partial charge on any atom is 0.306 e. The summed E-state index contributed by atoms with van der Waals surface area (Å²) >= 11 is 0. The van der Waals surface area contributed by atoms with Crippen molar-refractivity contribution in [3.63, 3.8) is 0 Å². The van der Waals surface area contributed by atoms with Gasteiger partial charge in [-0.15, -0.1) is 0 Å². The lowest BCUT2D eigenvalue weighted by Crippen LogP contribution is -2.37. The van der Waals surface area contributed by atoms with E-state index in [0.717, 1.165) is 32.1 Å². The zero-order chi connectivity index (χ0) is 69.7. The Kier molecular flexibility index (Phi) is 76.4. The molecule has 0 fully saturated rings. The van der Waals surface area contributed by atoms with Gasteiger partial charge >= 0.3 is 11.9 Å². The van der Waals surface area contributed by atoms with Crippen molar-refractivity contribution in [2.75, 3.05) is 47.5 Å². The normalized spacial score (nSPS) is 13.0. The predicted molar refractivity (Wildman–Crippen MR) is 416 cm³/mol. The predicted octanol–water partition coefficient (Wildman–Crippen LogP) is 28.1. The molecule has 0 rings (SSSR count). The molecule has 0 aromatic carbocycles. The summed E-state index contributed by atoms with van der Waals surface area (Å²) in [6.07, 6.45) is 101. The fourth-order valence-corrected chi connectivity index (χ4v) is 14.1. The van der Waals surface area contributed by atoms with Gasteiger partial charge in [0.1, 0.15) is 19.8 Å². The lowest BCUT2D eigenvalue weighted by atomic mass is 10.0. The third kappa shape index (κ3) is 81.5. The second-order valence-corrected chi connectivity index (χ2v) is 32.3. The molecule has 96 heavy (non-hydrogen) atoms. The molecule has 0 saturated heterocycles. The van der Waals surface area contributed by atoms with Crippen molar-refractivity contribution in [2.45, 2.75) is 469 Å².